The van der Waals surface area contributed by atoms with E-state index in [1.165, 1.54) is 6.92 Å². The molecule has 0 aromatic heterocycles. The van der Waals surface area contributed by atoms with E-state index in [9.17, 15) is 14.7 Å². The van der Waals surface area contributed by atoms with E-state index >= 15 is 0 Å². The Morgan fingerprint density at radius 2 is 2.31 bits per heavy atom. The molecule has 0 radical (unpaired) electrons. The van der Waals surface area contributed by atoms with Crippen LogP contribution < -0.4 is 5.32 Å². The molecule has 0 rings (SSSR count). The summed E-state index contributed by atoms with van der Waals surface area (Å²) in [6.07, 6.45) is -1.04. The predicted molar refractivity (Wildman–Crippen MR) is 45.9 cm³/mol. The molecule has 76 valence electrons. The number of rotatable bonds is 4. The topological polar surface area (TPSA) is 75.6 Å². The van der Waals surface area contributed by atoms with Crippen LogP contribution in [0.2, 0.25) is 0 Å². The minimum absolute atomic E-state index is 0.179. The van der Waals surface area contributed by atoms with Crippen LogP contribution in [-0.2, 0) is 14.3 Å². The van der Waals surface area contributed by atoms with Crippen LogP contribution in [0.15, 0.2) is 0 Å². The Morgan fingerprint density at radius 1 is 1.69 bits per heavy atom. The molecule has 0 saturated carbocycles. The summed E-state index contributed by atoms with van der Waals surface area (Å²) >= 11 is 0. The van der Waals surface area contributed by atoms with E-state index in [1.54, 1.807) is 6.92 Å². The Morgan fingerprint density at radius 3 is 2.69 bits per heavy atom. The highest BCUT2D eigenvalue weighted by Gasteiger charge is 2.25. The second kappa shape index (κ2) is 5.53. The molecule has 13 heavy (non-hydrogen) atoms. The van der Waals surface area contributed by atoms with Gasteiger partial charge in [-0.2, -0.15) is 0 Å². The zero-order valence-corrected chi connectivity index (χ0v) is 7.74. The third kappa shape index (κ3) is 4.47. The van der Waals surface area contributed by atoms with Crippen LogP contribution in [0.1, 0.15) is 22.1 Å². The van der Waals surface area contributed by atoms with Gasteiger partial charge in [0.2, 0.25) is 5.91 Å². The fraction of sp³-hybridized carbons (Fsp3) is 0.750. The zero-order valence-electron chi connectivity index (χ0n) is 8.74. The van der Waals surface area contributed by atoms with E-state index in [4.69, 9.17) is 1.37 Å². The summed E-state index contributed by atoms with van der Waals surface area (Å²) in [5.74, 6) is -1.31. The van der Waals surface area contributed by atoms with Gasteiger partial charge in [0.25, 0.3) is 0 Å². The van der Waals surface area contributed by atoms with Gasteiger partial charge in [-0.1, -0.05) is 0 Å². The Kier molecular flexibility index (Phi) is 4.25. The van der Waals surface area contributed by atoms with Crippen LogP contribution >= 0.6 is 0 Å². The molecular formula is C8H15NO4. The first kappa shape index (κ1) is 9.98. The average Bonchev–Trinajstić information content (AvgIpc) is 2.13. The number of carbonyl (C=O) groups is 2. The molecule has 0 aromatic rings. The van der Waals surface area contributed by atoms with E-state index in [-0.39, 0.29) is 6.61 Å². The van der Waals surface area contributed by atoms with Crippen molar-refractivity contribution in [3.8, 4) is 0 Å². The van der Waals surface area contributed by atoms with Crippen LogP contribution in [0.5, 0.6) is 0 Å². The van der Waals surface area contributed by atoms with Gasteiger partial charge in [0, 0.05) is 8.27 Å². The molecule has 5 heteroatoms. The highest BCUT2D eigenvalue weighted by Crippen LogP contribution is 1.96. The first-order chi connectivity index (χ1) is 6.52. The smallest absolute Gasteiger partial charge is 0.331 e. The number of esters is 1. The molecule has 1 amide bonds. The monoisotopic (exact) mass is 190 g/mol. The van der Waals surface area contributed by atoms with Gasteiger partial charge in [0.1, 0.15) is 0 Å². The zero-order chi connectivity index (χ0) is 11.1. The van der Waals surface area contributed by atoms with Crippen LogP contribution in [0.3, 0.4) is 0 Å². The lowest BCUT2D eigenvalue weighted by atomic mass is 10.2. The first-order valence-electron chi connectivity index (χ1n) is 4.67. The summed E-state index contributed by atoms with van der Waals surface area (Å²) in [5, 5.41) is 11.4. The van der Waals surface area contributed by atoms with E-state index in [2.05, 4.69) is 10.1 Å². The number of aliphatic hydroxyl groups excluding tert-OH is 1. The lowest BCUT2D eigenvalue weighted by Gasteiger charge is -2.18. The number of carbonyl (C=O) groups excluding carboxylic acids is 2. The third-order valence-corrected chi connectivity index (χ3v) is 1.34. The van der Waals surface area contributed by atoms with Crippen molar-refractivity contribution in [2.75, 3.05) is 6.61 Å². The molecule has 0 heterocycles. The largest absolute Gasteiger partial charge is 0.464 e. The SMILES string of the molecule is [2H]CC(=O)N[C@H](C(=O)OCC)[C@@H](C)O. The quantitative estimate of drug-likeness (QED) is 0.582. The van der Waals surface area contributed by atoms with Gasteiger partial charge in [-0.3, -0.25) is 4.79 Å². The highest BCUT2D eigenvalue weighted by atomic mass is 16.5. The summed E-state index contributed by atoms with van der Waals surface area (Å²) in [7, 11) is 0. The Bertz CT molecular complexity index is 208. The number of ether oxygens (including phenoxy) is 1. The van der Waals surface area contributed by atoms with Crippen molar-refractivity contribution < 1.29 is 20.8 Å². The van der Waals surface area contributed by atoms with Crippen molar-refractivity contribution in [2.24, 2.45) is 0 Å². The molecule has 0 aromatic carbocycles. The van der Waals surface area contributed by atoms with E-state index in [0.29, 0.717) is 0 Å². The molecule has 0 bridgehead atoms. The average molecular weight is 190 g/mol. The van der Waals surface area contributed by atoms with Gasteiger partial charge in [-0.25, -0.2) is 4.79 Å². The molecule has 0 aliphatic carbocycles. The van der Waals surface area contributed by atoms with Crippen LogP contribution in [-0.4, -0.2) is 35.7 Å². The Hall–Kier alpha value is -1.10. The van der Waals surface area contributed by atoms with E-state index < -0.39 is 30.9 Å². The normalized spacial score (nSPS) is 15.5. The Labute approximate surface area is 78.5 Å². The van der Waals surface area contributed by atoms with Gasteiger partial charge in [-0.05, 0) is 13.8 Å². The van der Waals surface area contributed by atoms with E-state index in [0.717, 1.165) is 0 Å². The summed E-state index contributed by atoms with van der Waals surface area (Å²) in [5.41, 5.74) is 0. The number of aliphatic hydroxyl groups is 1. The van der Waals surface area contributed by atoms with E-state index in [1.807, 2.05) is 0 Å². The minimum Gasteiger partial charge on any atom is -0.464 e. The van der Waals surface area contributed by atoms with Gasteiger partial charge in [-0.15, -0.1) is 0 Å². The minimum atomic E-state index is -1.09. The number of hydrogen-bond donors (Lipinski definition) is 2. The van der Waals surface area contributed by atoms with Crippen molar-refractivity contribution >= 4 is 11.9 Å². The van der Waals surface area contributed by atoms with Crippen molar-refractivity contribution in [3.05, 3.63) is 0 Å². The fourth-order valence-corrected chi connectivity index (χ4v) is 0.782. The van der Waals surface area contributed by atoms with Crippen molar-refractivity contribution in [1.29, 1.82) is 0 Å². The number of amides is 1. The van der Waals surface area contributed by atoms with Gasteiger partial charge >= 0.3 is 5.97 Å². The third-order valence-electron chi connectivity index (χ3n) is 1.34. The lowest BCUT2D eigenvalue weighted by molar-refractivity contribution is -0.150. The summed E-state index contributed by atoms with van der Waals surface area (Å²) in [4.78, 5) is 22.0. The summed E-state index contributed by atoms with van der Waals surface area (Å²) in [6.45, 7) is 2.69. The van der Waals surface area contributed by atoms with Crippen molar-refractivity contribution in [2.45, 2.75) is 32.9 Å². The Balaban J connectivity index is 4.29. The van der Waals surface area contributed by atoms with Gasteiger partial charge in [0.15, 0.2) is 6.04 Å². The molecular weight excluding hydrogens is 174 g/mol. The molecule has 0 saturated heterocycles. The molecule has 0 fully saturated rings. The van der Waals surface area contributed by atoms with Crippen LogP contribution in [0.4, 0.5) is 0 Å². The molecule has 2 atom stereocenters. The molecule has 0 unspecified atom stereocenters. The second-order valence-corrected chi connectivity index (χ2v) is 2.54. The van der Waals surface area contributed by atoms with Crippen molar-refractivity contribution in [1.82, 2.24) is 5.32 Å². The molecule has 0 spiro atoms. The number of hydrogen-bond acceptors (Lipinski definition) is 4. The maximum absolute atomic E-state index is 11.2. The molecule has 2 N–H and O–H groups in total. The predicted octanol–water partition coefficient (Wildman–Crippen LogP) is -0.565. The molecule has 5 nitrogen and oxygen atoms in total. The number of nitrogens with one attached hydrogen (secondary N) is 1. The lowest BCUT2D eigenvalue weighted by Crippen LogP contribution is -2.47. The van der Waals surface area contributed by atoms with Crippen LogP contribution in [0.25, 0.3) is 0 Å². The maximum atomic E-state index is 11.2. The highest BCUT2D eigenvalue weighted by molar-refractivity contribution is 5.83. The summed E-state index contributed by atoms with van der Waals surface area (Å²) < 4.78 is 11.4. The van der Waals surface area contributed by atoms with Crippen molar-refractivity contribution in [3.63, 3.8) is 0 Å². The van der Waals surface area contributed by atoms with Crippen LogP contribution in [0, 0.1) is 0 Å². The van der Waals surface area contributed by atoms with Gasteiger partial charge < -0.3 is 15.2 Å². The maximum Gasteiger partial charge on any atom is 0.331 e. The second-order valence-electron chi connectivity index (χ2n) is 2.54. The molecule has 0 aliphatic rings. The first-order valence-corrected chi connectivity index (χ1v) is 3.96. The fourth-order valence-electron chi connectivity index (χ4n) is 0.782. The van der Waals surface area contributed by atoms with Gasteiger partial charge in [0.05, 0.1) is 12.7 Å². The summed E-state index contributed by atoms with van der Waals surface area (Å²) in [6, 6.07) is -1.09. The standard InChI is InChI=1S/C8H15NO4/c1-4-13-8(12)7(5(2)10)9-6(3)11/h5,7,10H,4H2,1-3H3,(H,9,11)/t5-,7+/m1/s1/i3D. The molecule has 0 aliphatic heterocycles.